The van der Waals surface area contributed by atoms with E-state index in [9.17, 15) is 22.8 Å². The Morgan fingerprint density at radius 1 is 1.04 bits per heavy atom. The highest BCUT2D eigenvalue weighted by atomic mass is 35.5. The molecule has 8 heteroatoms. The van der Waals surface area contributed by atoms with Crippen molar-refractivity contribution in [1.82, 2.24) is 0 Å². The fraction of sp³-hybridized carbons (Fsp3) is 0.125. The van der Waals surface area contributed by atoms with Crippen LogP contribution < -0.4 is 5.32 Å². The van der Waals surface area contributed by atoms with Crippen LogP contribution in [-0.2, 0) is 9.53 Å². The molecule has 126 valence electrons. The summed E-state index contributed by atoms with van der Waals surface area (Å²) in [6.07, 6.45) is -1.29. The molecule has 0 aliphatic carbocycles. The fourth-order valence-electron chi connectivity index (χ4n) is 1.72. The number of anilines is 1. The Labute approximate surface area is 140 Å². The first kappa shape index (κ1) is 17.8. The van der Waals surface area contributed by atoms with Gasteiger partial charge in [-0.05, 0) is 43.3 Å². The Morgan fingerprint density at radius 3 is 2.29 bits per heavy atom. The van der Waals surface area contributed by atoms with E-state index in [1.807, 2.05) is 5.32 Å². The maximum Gasteiger partial charge on any atom is 0.338 e. The average Bonchev–Trinajstić information content (AvgIpc) is 2.55. The number of amides is 1. The quantitative estimate of drug-likeness (QED) is 0.666. The Kier molecular flexibility index (Phi) is 5.46. The Bertz CT molecular complexity index is 781. The van der Waals surface area contributed by atoms with E-state index in [1.54, 1.807) is 0 Å². The van der Waals surface area contributed by atoms with Crippen LogP contribution in [-0.4, -0.2) is 18.0 Å². The van der Waals surface area contributed by atoms with E-state index in [2.05, 4.69) is 0 Å². The molecule has 1 N–H and O–H groups in total. The van der Waals surface area contributed by atoms with Crippen molar-refractivity contribution in [3.05, 3.63) is 64.4 Å². The molecule has 0 saturated carbocycles. The van der Waals surface area contributed by atoms with Crippen LogP contribution in [0, 0.1) is 17.5 Å². The highest BCUT2D eigenvalue weighted by Gasteiger charge is 2.21. The van der Waals surface area contributed by atoms with E-state index in [0.29, 0.717) is 11.1 Å². The van der Waals surface area contributed by atoms with Crippen molar-refractivity contribution >= 4 is 29.2 Å². The monoisotopic (exact) mass is 357 g/mol. The third-order valence-electron chi connectivity index (χ3n) is 3.03. The normalized spacial score (nSPS) is 11.7. The van der Waals surface area contributed by atoms with Gasteiger partial charge in [-0.2, -0.15) is 0 Å². The first-order valence-corrected chi connectivity index (χ1v) is 7.08. The predicted octanol–water partition coefficient (Wildman–Crippen LogP) is 3.94. The molecule has 0 saturated heterocycles. The van der Waals surface area contributed by atoms with E-state index < -0.39 is 41.1 Å². The zero-order chi connectivity index (χ0) is 17.9. The number of carbonyl (C=O) groups is 2. The molecular formula is C16H11ClF3NO3. The molecule has 0 aliphatic heterocycles. The average molecular weight is 358 g/mol. The summed E-state index contributed by atoms with van der Waals surface area (Å²) in [5.74, 6) is -6.33. The molecule has 2 aromatic carbocycles. The number of hydrogen-bond acceptors (Lipinski definition) is 3. The molecule has 2 rings (SSSR count). The molecule has 0 radical (unpaired) electrons. The molecule has 0 bridgehead atoms. The summed E-state index contributed by atoms with van der Waals surface area (Å²) < 4.78 is 44.4. The van der Waals surface area contributed by atoms with E-state index in [-0.39, 0.29) is 5.56 Å². The Morgan fingerprint density at radius 2 is 1.67 bits per heavy atom. The zero-order valence-corrected chi connectivity index (χ0v) is 13.0. The summed E-state index contributed by atoms with van der Waals surface area (Å²) in [6, 6.07) is 7.28. The second kappa shape index (κ2) is 7.35. The van der Waals surface area contributed by atoms with Gasteiger partial charge in [0.05, 0.1) is 11.3 Å². The van der Waals surface area contributed by atoms with Crippen LogP contribution in [0.3, 0.4) is 0 Å². The minimum absolute atomic E-state index is 0.165. The van der Waals surface area contributed by atoms with Gasteiger partial charge in [-0.25, -0.2) is 18.0 Å². The van der Waals surface area contributed by atoms with Gasteiger partial charge in [-0.1, -0.05) is 11.6 Å². The van der Waals surface area contributed by atoms with Gasteiger partial charge in [0.15, 0.2) is 23.6 Å². The van der Waals surface area contributed by atoms with Gasteiger partial charge in [0, 0.05) is 5.02 Å². The number of rotatable bonds is 4. The lowest BCUT2D eigenvalue weighted by Gasteiger charge is -2.14. The third-order valence-corrected chi connectivity index (χ3v) is 3.28. The molecule has 2 aromatic rings. The summed E-state index contributed by atoms with van der Waals surface area (Å²) in [5.41, 5.74) is -0.397. The third kappa shape index (κ3) is 4.05. The molecule has 1 atom stereocenters. The molecule has 0 aliphatic rings. The van der Waals surface area contributed by atoms with Crippen molar-refractivity contribution < 1.29 is 27.5 Å². The van der Waals surface area contributed by atoms with Gasteiger partial charge in [0.25, 0.3) is 5.91 Å². The molecule has 0 heterocycles. The number of nitrogens with one attached hydrogen (secondary N) is 1. The smallest absolute Gasteiger partial charge is 0.338 e. The second-order valence-corrected chi connectivity index (χ2v) is 5.20. The maximum absolute atomic E-state index is 13.5. The summed E-state index contributed by atoms with van der Waals surface area (Å²) in [7, 11) is 0. The van der Waals surface area contributed by atoms with Gasteiger partial charge in [-0.15, -0.1) is 0 Å². The van der Waals surface area contributed by atoms with Crippen LogP contribution >= 0.6 is 11.6 Å². The molecule has 0 aromatic heterocycles. The van der Waals surface area contributed by atoms with Gasteiger partial charge in [0.1, 0.15) is 0 Å². The van der Waals surface area contributed by atoms with Crippen molar-refractivity contribution in [3.63, 3.8) is 0 Å². The number of hydrogen-bond donors (Lipinski definition) is 1. The Balaban J connectivity index is 2.03. The van der Waals surface area contributed by atoms with E-state index in [4.69, 9.17) is 16.3 Å². The van der Waals surface area contributed by atoms with Crippen molar-refractivity contribution in [1.29, 1.82) is 0 Å². The fourth-order valence-corrected chi connectivity index (χ4v) is 1.85. The SMILES string of the molecule is C[C@@H](OC(=O)c1ccc(Cl)cc1)C(=O)Nc1ccc(F)c(F)c1F. The molecule has 4 nitrogen and oxygen atoms in total. The van der Waals surface area contributed by atoms with Crippen molar-refractivity contribution in [2.75, 3.05) is 5.32 Å². The number of ether oxygens (including phenoxy) is 1. The highest BCUT2D eigenvalue weighted by molar-refractivity contribution is 6.30. The molecule has 1 amide bonds. The predicted molar refractivity (Wildman–Crippen MR) is 81.3 cm³/mol. The summed E-state index contributed by atoms with van der Waals surface area (Å²) in [5, 5.41) is 2.45. The summed E-state index contributed by atoms with van der Waals surface area (Å²) >= 11 is 5.69. The molecule has 0 spiro atoms. The summed E-state index contributed by atoms with van der Waals surface area (Å²) in [4.78, 5) is 23.7. The van der Waals surface area contributed by atoms with Crippen LogP contribution in [0.1, 0.15) is 17.3 Å². The Hall–Kier alpha value is -2.54. The minimum Gasteiger partial charge on any atom is -0.449 e. The minimum atomic E-state index is -1.71. The standard InChI is InChI=1S/C16H11ClF3NO3/c1-8(24-16(23)9-2-4-10(17)5-3-9)15(22)21-12-7-6-11(18)13(19)14(12)20/h2-8H,1H3,(H,21,22)/t8-/m1/s1. The first-order valence-electron chi connectivity index (χ1n) is 6.70. The van der Waals surface area contributed by atoms with E-state index in [1.165, 1.54) is 31.2 Å². The van der Waals surface area contributed by atoms with Crippen LogP contribution in [0.2, 0.25) is 5.02 Å². The summed E-state index contributed by atoms with van der Waals surface area (Å²) in [6.45, 7) is 1.25. The lowest BCUT2D eigenvalue weighted by molar-refractivity contribution is -0.123. The number of halogens is 4. The highest BCUT2D eigenvalue weighted by Crippen LogP contribution is 2.20. The largest absolute Gasteiger partial charge is 0.449 e. The van der Waals surface area contributed by atoms with Gasteiger partial charge in [-0.3, -0.25) is 4.79 Å². The lowest BCUT2D eigenvalue weighted by atomic mass is 10.2. The number of benzene rings is 2. The van der Waals surface area contributed by atoms with Crippen LogP contribution in [0.4, 0.5) is 18.9 Å². The van der Waals surface area contributed by atoms with Crippen molar-refractivity contribution in [2.45, 2.75) is 13.0 Å². The number of esters is 1. The number of carbonyl (C=O) groups excluding carboxylic acids is 2. The molecule has 0 fully saturated rings. The molecule has 0 unspecified atom stereocenters. The zero-order valence-electron chi connectivity index (χ0n) is 12.3. The second-order valence-electron chi connectivity index (χ2n) is 4.77. The molecular weight excluding hydrogens is 347 g/mol. The van der Waals surface area contributed by atoms with Gasteiger partial charge in [0.2, 0.25) is 0 Å². The maximum atomic E-state index is 13.5. The topological polar surface area (TPSA) is 55.4 Å². The van der Waals surface area contributed by atoms with Gasteiger partial charge >= 0.3 is 5.97 Å². The van der Waals surface area contributed by atoms with Crippen molar-refractivity contribution in [3.8, 4) is 0 Å². The van der Waals surface area contributed by atoms with Crippen molar-refractivity contribution in [2.24, 2.45) is 0 Å². The first-order chi connectivity index (χ1) is 11.3. The molecule has 24 heavy (non-hydrogen) atoms. The van der Waals surface area contributed by atoms with Crippen LogP contribution in [0.25, 0.3) is 0 Å². The van der Waals surface area contributed by atoms with Crippen LogP contribution in [0.5, 0.6) is 0 Å². The van der Waals surface area contributed by atoms with Crippen LogP contribution in [0.15, 0.2) is 36.4 Å². The van der Waals surface area contributed by atoms with E-state index >= 15 is 0 Å². The van der Waals surface area contributed by atoms with E-state index in [0.717, 1.165) is 6.07 Å². The van der Waals surface area contributed by atoms with Gasteiger partial charge < -0.3 is 10.1 Å². The lowest BCUT2D eigenvalue weighted by Crippen LogP contribution is -2.30.